The van der Waals surface area contributed by atoms with E-state index in [2.05, 4.69) is 9.71 Å². The number of benzene rings is 1. The fourth-order valence-electron chi connectivity index (χ4n) is 2.32. The number of sulfonamides is 1. The topological polar surface area (TPSA) is 88.6 Å². The number of nitrogens with one attached hydrogen (secondary N) is 1. The highest BCUT2D eigenvalue weighted by molar-refractivity contribution is 7.92. The maximum atomic E-state index is 12.5. The van der Waals surface area contributed by atoms with Crippen LogP contribution < -0.4 is 14.4 Å². The second-order valence-electron chi connectivity index (χ2n) is 4.88. The highest BCUT2D eigenvalue weighted by atomic mass is 32.2. The van der Waals surface area contributed by atoms with Crippen LogP contribution >= 0.6 is 0 Å². The van der Waals surface area contributed by atoms with Crippen LogP contribution in [0.2, 0.25) is 0 Å². The largest absolute Gasteiger partial charge is 0.482 e. The first-order valence-corrected chi connectivity index (χ1v) is 8.50. The zero-order valence-corrected chi connectivity index (χ0v) is 13.2. The van der Waals surface area contributed by atoms with Gasteiger partial charge in [0.25, 0.3) is 15.9 Å². The smallest absolute Gasteiger partial charge is 0.265 e. The van der Waals surface area contributed by atoms with Crippen LogP contribution in [0.5, 0.6) is 5.75 Å². The first-order valence-electron chi connectivity index (χ1n) is 7.02. The van der Waals surface area contributed by atoms with Gasteiger partial charge in [0.15, 0.2) is 6.61 Å². The third kappa shape index (κ3) is 2.98. The standard InChI is InChI=1S/C15H15N3O4S/c1-2-18-12-9-11(6-7-13(12)22-10-15(18)19)23(20,21)17-14-5-3-4-8-16-14/h3-9H,2,10H2,1H3,(H,16,17). The van der Waals surface area contributed by atoms with Crippen molar-refractivity contribution in [2.24, 2.45) is 0 Å². The summed E-state index contributed by atoms with van der Waals surface area (Å²) < 4.78 is 32.7. The van der Waals surface area contributed by atoms with Crippen molar-refractivity contribution in [2.75, 3.05) is 22.8 Å². The van der Waals surface area contributed by atoms with E-state index in [1.165, 1.54) is 23.2 Å². The molecule has 2 aromatic rings. The molecule has 0 radical (unpaired) electrons. The zero-order chi connectivity index (χ0) is 16.4. The van der Waals surface area contributed by atoms with Gasteiger partial charge >= 0.3 is 0 Å². The Bertz CT molecular complexity index is 837. The maximum absolute atomic E-state index is 12.5. The lowest BCUT2D eigenvalue weighted by atomic mass is 10.2. The van der Waals surface area contributed by atoms with Crippen molar-refractivity contribution in [1.29, 1.82) is 0 Å². The summed E-state index contributed by atoms with van der Waals surface area (Å²) >= 11 is 0. The lowest BCUT2D eigenvalue weighted by molar-refractivity contribution is -0.121. The molecule has 23 heavy (non-hydrogen) atoms. The van der Waals surface area contributed by atoms with Gasteiger partial charge in [0, 0.05) is 12.7 Å². The predicted octanol–water partition coefficient (Wildman–Crippen LogP) is 1.63. The summed E-state index contributed by atoms with van der Waals surface area (Å²) in [6.45, 7) is 2.21. The number of ether oxygens (including phenoxy) is 1. The Labute approximate surface area is 134 Å². The molecule has 8 heteroatoms. The number of carbonyl (C=O) groups excluding carboxylic acids is 1. The number of rotatable bonds is 4. The SMILES string of the molecule is CCN1C(=O)COc2ccc(S(=O)(=O)Nc3ccccn3)cc21. The quantitative estimate of drug-likeness (QED) is 0.918. The lowest BCUT2D eigenvalue weighted by Crippen LogP contribution is -2.38. The Hall–Kier alpha value is -2.61. The van der Waals surface area contributed by atoms with Crippen molar-refractivity contribution >= 4 is 27.4 Å². The van der Waals surface area contributed by atoms with E-state index in [0.29, 0.717) is 18.0 Å². The Morgan fingerprint density at radius 2 is 2.13 bits per heavy atom. The van der Waals surface area contributed by atoms with Crippen LogP contribution in [0.25, 0.3) is 0 Å². The van der Waals surface area contributed by atoms with Crippen molar-refractivity contribution in [3.8, 4) is 5.75 Å². The number of likely N-dealkylation sites (N-methyl/N-ethyl adjacent to an activating group) is 1. The predicted molar refractivity (Wildman–Crippen MR) is 85.0 cm³/mol. The molecule has 1 aliphatic heterocycles. The highest BCUT2D eigenvalue weighted by Gasteiger charge is 2.26. The first kappa shape index (κ1) is 15.3. The number of anilines is 2. The van der Waals surface area contributed by atoms with Crippen LogP contribution in [-0.4, -0.2) is 32.5 Å². The first-order chi connectivity index (χ1) is 11.0. The molecule has 0 atom stereocenters. The van der Waals surface area contributed by atoms with Crippen LogP contribution in [0.15, 0.2) is 47.5 Å². The molecule has 7 nitrogen and oxygen atoms in total. The van der Waals surface area contributed by atoms with Crippen LogP contribution in [0.1, 0.15) is 6.92 Å². The van der Waals surface area contributed by atoms with Gasteiger partial charge in [-0.2, -0.15) is 0 Å². The molecule has 120 valence electrons. The van der Waals surface area contributed by atoms with E-state index in [1.807, 2.05) is 6.92 Å². The number of aromatic nitrogens is 1. The molecule has 0 fully saturated rings. The van der Waals surface area contributed by atoms with Gasteiger partial charge in [-0.1, -0.05) is 6.07 Å². The molecule has 0 saturated carbocycles. The minimum atomic E-state index is -3.80. The van der Waals surface area contributed by atoms with Gasteiger partial charge in [-0.05, 0) is 37.3 Å². The molecule has 1 amide bonds. The molecule has 1 aliphatic rings. The van der Waals surface area contributed by atoms with Gasteiger partial charge in [-0.15, -0.1) is 0 Å². The molecule has 3 rings (SSSR count). The molecule has 0 aliphatic carbocycles. The molecule has 1 N–H and O–H groups in total. The second-order valence-corrected chi connectivity index (χ2v) is 6.56. The Kier molecular flexibility index (Phi) is 3.91. The van der Waals surface area contributed by atoms with E-state index >= 15 is 0 Å². The fourth-order valence-corrected chi connectivity index (χ4v) is 3.34. The van der Waals surface area contributed by atoms with Crippen molar-refractivity contribution in [2.45, 2.75) is 11.8 Å². The lowest BCUT2D eigenvalue weighted by Gasteiger charge is -2.28. The van der Waals surface area contributed by atoms with Crippen LogP contribution in [0.4, 0.5) is 11.5 Å². The van der Waals surface area contributed by atoms with Crippen molar-refractivity contribution in [3.05, 3.63) is 42.6 Å². The van der Waals surface area contributed by atoms with Gasteiger partial charge in [-0.3, -0.25) is 9.52 Å². The summed E-state index contributed by atoms with van der Waals surface area (Å²) in [5, 5.41) is 0. The summed E-state index contributed by atoms with van der Waals surface area (Å²) in [5.41, 5.74) is 0.452. The van der Waals surface area contributed by atoms with Crippen LogP contribution in [-0.2, 0) is 14.8 Å². The molecule has 0 saturated heterocycles. The third-order valence-corrected chi connectivity index (χ3v) is 4.76. The summed E-state index contributed by atoms with van der Waals surface area (Å²) in [7, 11) is -3.80. The summed E-state index contributed by atoms with van der Waals surface area (Å²) in [4.78, 5) is 17.3. The van der Waals surface area contributed by atoms with E-state index in [9.17, 15) is 13.2 Å². The van der Waals surface area contributed by atoms with E-state index in [0.717, 1.165) is 0 Å². The fraction of sp³-hybridized carbons (Fsp3) is 0.200. The second kappa shape index (κ2) is 5.88. The zero-order valence-electron chi connectivity index (χ0n) is 12.4. The molecule has 1 aromatic carbocycles. The Morgan fingerprint density at radius 1 is 1.30 bits per heavy atom. The number of pyridine rings is 1. The van der Waals surface area contributed by atoms with E-state index in [-0.39, 0.29) is 23.2 Å². The summed E-state index contributed by atoms with van der Waals surface area (Å²) in [6, 6.07) is 9.36. The van der Waals surface area contributed by atoms with E-state index in [1.54, 1.807) is 24.3 Å². The van der Waals surface area contributed by atoms with E-state index < -0.39 is 10.0 Å². The number of amides is 1. The molecule has 0 spiro atoms. The number of carbonyl (C=O) groups is 1. The molecular weight excluding hydrogens is 318 g/mol. The average molecular weight is 333 g/mol. The molecule has 1 aromatic heterocycles. The Morgan fingerprint density at radius 3 is 2.83 bits per heavy atom. The molecule has 2 heterocycles. The van der Waals surface area contributed by atoms with Crippen LogP contribution in [0.3, 0.4) is 0 Å². The Balaban J connectivity index is 1.98. The number of nitrogens with zero attached hydrogens (tertiary/aromatic N) is 2. The maximum Gasteiger partial charge on any atom is 0.265 e. The van der Waals surface area contributed by atoms with Crippen LogP contribution in [0, 0.1) is 0 Å². The van der Waals surface area contributed by atoms with Gasteiger partial charge in [0.2, 0.25) is 0 Å². The van der Waals surface area contributed by atoms with Crippen molar-refractivity contribution in [1.82, 2.24) is 4.98 Å². The van der Waals surface area contributed by atoms with Gasteiger partial charge in [-0.25, -0.2) is 13.4 Å². The van der Waals surface area contributed by atoms with Gasteiger partial charge < -0.3 is 9.64 Å². The number of hydrogen-bond donors (Lipinski definition) is 1. The normalized spacial score (nSPS) is 14.1. The van der Waals surface area contributed by atoms with Crippen molar-refractivity contribution < 1.29 is 17.9 Å². The minimum absolute atomic E-state index is 0.0404. The monoisotopic (exact) mass is 333 g/mol. The molecular formula is C15H15N3O4S. The summed E-state index contributed by atoms with van der Waals surface area (Å²) in [6.07, 6.45) is 1.50. The van der Waals surface area contributed by atoms with Gasteiger partial charge in [0.1, 0.15) is 11.6 Å². The van der Waals surface area contributed by atoms with Crippen molar-refractivity contribution in [3.63, 3.8) is 0 Å². The third-order valence-electron chi connectivity index (χ3n) is 3.40. The van der Waals surface area contributed by atoms with Gasteiger partial charge in [0.05, 0.1) is 10.6 Å². The summed E-state index contributed by atoms with van der Waals surface area (Å²) in [5.74, 6) is 0.514. The molecule has 0 bridgehead atoms. The molecule has 0 unspecified atom stereocenters. The number of hydrogen-bond acceptors (Lipinski definition) is 5. The average Bonchev–Trinajstić information content (AvgIpc) is 2.55. The number of fused-ring (bicyclic) bond motifs is 1. The highest BCUT2D eigenvalue weighted by Crippen LogP contribution is 2.34. The minimum Gasteiger partial charge on any atom is -0.482 e. The van der Waals surface area contributed by atoms with E-state index in [4.69, 9.17) is 4.74 Å².